The number of amides is 2. The van der Waals surface area contributed by atoms with Crippen LogP contribution in [0, 0.1) is 5.82 Å². The fourth-order valence-corrected chi connectivity index (χ4v) is 3.14. The lowest BCUT2D eigenvalue weighted by molar-refractivity contribution is -0.00521. The van der Waals surface area contributed by atoms with Crippen molar-refractivity contribution in [2.24, 2.45) is 0 Å². The number of anilines is 2. The maximum atomic E-state index is 13.6. The zero-order chi connectivity index (χ0) is 18.5. The van der Waals surface area contributed by atoms with Crippen molar-refractivity contribution >= 4 is 17.4 Å². The van der Waals surface area contributed by atoms with Crippen molar-refractivity contribution in [3.63, 3.8) is 0 Å². The highest BCUT2D eigenvalue weighted by molar-refractivity contribution is 5.89. The fourth-order valence-electron chi connectivity index (χ4n) is 3.14. The highest BCUT2D eigenvalue weighted by atomic mass is 19.1. The van der Waals surface area contributed by atoms with Crippen LogP contribution in [0.5, 0.6) is 0 Å². The molecule has 5 nitrogen and oxygen atoms in total. The molecule has 1 heterocycles. The van der Waals surface area contributed by atoms with Crippen LogP contribution < -0.4 is 15.5 Å². The Hall–Kier alpha value is -2.60. The predicted octanol–water partition coefficient (Wildman–Crippen LogP) is 3.76. The van der Waals surface area contributed by atoms with E-state index in [1.54, 1.807) is 18.2 Å². The topological polar surface area (TPSA) is 53.6 Å². The normalized spacial score (nSPS) is 19.9. The molecule has 2 N–H and O–H groups in total. The summed E-state index contributed by atoms with van der Waals surface area (Å²) in [6.07, 6.45) is 0.390. The number of carbonyl (C=O) groups is 1. The van der Waals surface area contributed by atoms with Crippen molar-refractivity contribution in [2.75, 3.05) is 23.3 Å². The zero-order valence-corrected chi connectivity index (χ0v) is 15.0. The summed E-state index contributed by atoms with van der Waals surface area (Å²) in [5.74, 6) is -0.328. The minimum atomic E-state index is -0.366. The summed E-state index contributed by atoms with van der Waals surface area (Å²) >= 11 is 0. The number of hydrogen-bond donors (Lipinski definition) is 2. The molecule has 1 aliphatic heterocycles. The number of nitrogens with zero attached hydrogens (tertiary/aromatic N) is 1. The SMILES string of the molecule is CC1CN(c2ccc(NC(=O)NCc3ccccc3F)cc2)CC(C)O1. The summed E-state index contributed by atoms with van der Waals surface area (Å²) in [7, 11) is 0. The van der Waals surface area contributed by atoms with Gasteiger partial charge in [0.15, 0.2) is 0 Å². The second kappa shape index (κ2) is 8.19. The average Bonchev–Trinajstić information content (AvgIpc) is 2.61. The number of benzene rings is 2. The van der Waals surface area contributed by atoms with E-state index in [0.29, 0.717) is 11.3 Å². The molecule has 138 valence electrons. The van der Waals surface area contributed by atoms with Crippen LogP contribution in [-0.4, -0.2) is 31.3 Å². The third-order valence-electron chi connectivity index (χ3n) is 4.31. The maximum Gasteiger partial charge on any atom is 0.319 e. The van der Waals surface area contributed by atoms with E-state index < -0.39 is 0 Å². The number of nitrogens with one attached hydrogen (secondary N) is 2. The Morgan fingerprint density at radius 1 is 1.12 bits per heavy atom. The van der Waals surface area contributed by atoms with Gasteiger partial charge in [0.1, 0.15) is 5.82 Å². The molecule has 2 amide bonds. The van der Waals surface area contributed by atoms with Gasteiger partial charge in [-0.3, -0.25) is 0 Å². The van der Waals surface area contributed by atoms with Crippen LogP contribution in [0.1, 0.15) is 19.4 Å². The molecular weight excluding hydrogens is 333 g/mol. The highest BCUT2D eigenvalue weighted by Crippen LogP contribution is 2.22. The molecule has 0 aromatic heterocycles. The molecule has 0 radical (unpaired) electrons. The monoisotopic (exact) mass is 357 g/mol. The van der Waals surface area contributed by atoms with Gasteiger partial charge in [-0.25, -0.2) is 9.18 Å². The molecule has 1 aliphatic rings. The lowest BCUT2D eigenvalue weighted by Gasteiger charge is -2.36. The summed E-state index contributed by atoms with van der Waals surface area (Å²) in [5, 5.41) is 5.42. The zero-order valence-electron chi connectivity index (χ0n) is 15.0. The molecule has 2 atom stereocenters. The third kappa shape index (κ3) is 4.73. The van der Waals surface area contributed by atoms with Crippen LogP contribution in [0.3, 0.4) is 0 Å². The number of urea groups is 1. The number of morpholine rings is 1. The van der Waals surface area contributed by atoms with Crippen molar-refractivity contribution in [2.45, 2.75) is 32.6 Å². The van der Waals surface area contributed by atoms with Gasteiger partial charge >= 0.3 is 6.03 Å². The van der Waals surface area contributed by atoms with Crippen LogP contribution in [-0.2, 0) is 11.3 Å². The maximum absolute atomic E-state index is 13.6. The van der Waals surface area contributed by atoms with E-state index in [4.69, 9.17) is 4.74 Å². The second-order valence-electron chi connectivity index (χ2n) is 6.61. The number of rotatable bonds is 4. The summed E-state index contributed by atoms with van der Waals surface area (Å²) in [4.78, 5) is 14.3. The first kappa shape index (κ1) is 18.2. The minimum Gasteiger partial charge on any atom is -0.372 e. The minimum absolute atomic E-state index is 0.139. The van der Waals surface area contributed by atoms with Crippen LogP contribution in [0.4, 0.5) is 20.6 Å². The summed E-state index contributed by atoms with van der Waals surface area (Å²) < 4.78 is 19.3. The van der Waals surface area contributed by atoms with Crippen LogP contribution in [0.25, 0.3) is 0 Å². The molecule has 0 aliphatic carbocycles. The Balaban J connectivity index is 1.54. The molecule has 2 aromatic carbocycles. The number of carbonyl (C=O) groups excluding carboxylic acids is 1. The van der Waals surface area contributed by atoms with Crippen LogP contribution >= 0.6 is 0 Å². The Morgan fingerprint density at radius 3 is 2.42 bits per heavy atom. The molecule has 0 spiro atoms. The number of ether oxygens (including phenoxy) is 1. The van der Waals surface area contributed by atoms with Crippen LogP contribution in [0.15, 0.2) is 48.5 Å². The Labute approximate surface area is 153 Å². The van der Waals surface area contributed by atoms with Crippen molar-refractivity contribution in [3.05, 3.63) is 59.9 Å². The van der Waals surface area contributed by atoms with E-state index in [-0.39, 0.29) is 30.6 Å². The first-order chi connectivity index (χ1) is 12.5. The first-order valence-corrected chi connectivity index (χ1v) is 8.80. The van der Waals surface area contributed by atoms with E-state index in [9.17, 15) is 9.18 Å². The third-order valence-corrected chi connectivity index (χ3v) is 4.31. The Kier molecular flexibility index (Phi) is 5.73. The van der Waals surface area contributed by atoms with Crippen molar-refractivity contribution in [3.8, 4) is 0 Å². The molecule has 3 rings (SSSR count). The molecular formula is C20H24FN3O2. The van der Waals surface area contributed by atoms with Gasteiger partial charge in [-0.2, -0.15) is 0 Å². The van der Waals surface area contributed by atoms with Gasteiger partial charge in [0.2, 0.25) is 0 Å². The van der Waals surface area contributed by atoms with Gasteiger partial charge in [0, 0.05) is 36.6 Å². The Morgan fingerprint density at radius 2 is 1.77 bits per heavy atom. The average molecular weight is 357 g/mol. The van der Waals surface area contributed by atoms with Gasteiger partial charge in [-0.05, 0) is 44.2 Å². The van der Waals surface area contributed by atoms with Gasteiger partial charge in [0.25, 0.3) is 0 Å². The lowest BCUT2D eigenvalue weighted by Crippen LogP contribution is -2.45. The standard InChI is InChI=1S/C20H24FN3O2/c1-14-12-24(13-15(2)26-14)18-9-7-17(8-10-18)23-20(25)22-11-16-5-3-4-6-19(16)21/h3-10,14-15H,11-13H2,1-2H3,(H2,22,23,25). The van der Waals surface area contributed by atoms with Crippen LogP contribution in [0.2, 0.25) is 0 Å². The van der Waals surface area contributed by atoms with E-state index >= 15 is 0 Å². The van der Waals surface area contributed by atoms with Gasteiger partial charge < -0.3 is 20.3 Å². The van der Waals surface area contributed by atoms with E-state index in [2.05, 4.69) is 29.4 Å². The largest absolute Gasteiger partial charge is 0.372 e. The summed E-state index contributed by atoms with van der Waals surface area (Å²) in [6, 6.07) is 13.7. The van der Waals surface area contributed by atoms with Crippen molar-refractivity contribution < 1.29 is 13.9 Å². The number of halogens is 1. The smallest absolute Gasteiger partial charge is 0.319 e. The summed E-state index contributed by atoms with van der Waals surface area (Å²) in [5.41, 5.74) is 2.24. The Bertz CT molecular complexity index is 741. The summed E-state index contributed by atoms with van der Waals surface area (Å²) in [6.45, 7) is 5.97. The molecule has 2 unspecified atom stereocenters. The fraction of sp³-hybridized carbons (Fsp3) is 0.350. The second-order valence-corrected chi connectivity index (χ2v) is 6.61. The molecule has 26 heavy (non-hydrogen) atoms. The quantitative estimate of drug-likeness (QED) is 0.876. The van der Waals surface area contributed by atoms with Gasteiger partial charge in [-0.1, -0.05) is 18.2 Å². The molecule has 1 saturated heterocycles. The highest BCUT2D eigenvalue weighted by Gasteiger charge is 2.22. The number of hydrogen-bond acceptors (Lipinski definition) is 3. The van der Waals surface area contributed by atoms with Gasteiger partial charge in [0.05, 0.1) is 12.2 Å². The first-order valence-electron chi connectivity index (χ1n) is 8.80. The molecule has 6 heteroatoms. The molecule has 0 bridgehead atoms. The van der Waals surface area contributed by atoms with E-state index in [1.165, 1.54) is 6.07 Å². The molecule has 1 fully saturated rings. The van der Waals surface area contributed by atoms with Gasteiger partial charge in [-0.15, -0.1) is 0 Å². The van der Waals surface area contributed by atoms with Crippen molar-refractivity contribution in [1.29, 1.82) is 0 Å². The van der Waals surface area contributed by atoms with Crippen molar-refractivity contribution in [1.82, 2.24) is 5.32 Å². The molecule has 0 saturated carbocycles. The van der Waals surface area contributed by atoms with E-state index in [0.717, 1.165) is 18.8 Å². The molecule has 2 aromatic rings. The van der Waals surface area contributed by atoms with E-state index in [1.807, 2.05) is 24.3 Å². The lowest BCUT2D eigenvalue weighted by atomic mass is 10.2. The predicted molar refractivity (Wildman–Crippen MR) is 101 cm³/mol.